The third-order valence-corrected chi connectivity index (χ3v) is 5.44. The zero-order valence-corrected chi connectivity index (χ0v) is 18.4. The van der Waals surface area contributed by atoms with Gasteiger partial charge >= 0.3 is 0 Å². The predicted octanol–water partition coefficient (Wildman–Crippen LogP) is 1.85. The van der Waals surface area contributed by atoms with E-state index in [0.29, 0.717) is 49.7 Å². The Labute approximate surface area is 195 Å². The van der Waals surface area contributed by atoms with Gasteiger partial charge in [0.1, 0.15) is 17.8 Å². The van der Waals surface area contributed by atoms with Crippen molar-refractivity contribution in [3.8, 4) is 0 Å². The van der Waals surface area contributed by atoms with Crippen LogP contribution >= 0.6 is 0 Å². The van der Waals surface area contributed by atoms with Gasteiger partial charge < -0.3 is 20.3 Å². The van der Waals surface area contributed by atoms with E-state index >= 15 is 0 Å². The molecule has 1 aliphatic rings. The van der Waals surface area contributed by atoms with Crippen molar-refractivity contribution in [2.75, 3.05) is 44.2 Å². The molecule has 9 nitrogen and oxygen atoms in total. The third-order valence-electron chi connectivity index (χ3n) is 5.44. The number of piperazine rings is 1. The van der Waals surface area contributed by atoms with Gasteiger partial charge in [0.05, 0.1) is 30.8 Å². The summed E-state index contributed by atoms with van der Waals surface area (Å²) >= 11 is 0. The molecule has 2 aromatic heterocycles. The SMILES string of the molecule is NC(=CC(=NCc1ccccc1F)c1ccon1)c1ncc(F)c(N2CCN(CCO)CC2)n1. The van der Waals surface area contributed by atoms with Crippen LogP contribution in [0, 0.1) is 11.6 Å². The van der Waals surface area contributed by atoms with Gasteiger partial charge in [-0.1, -0.05) is 23.4 Å². The molecule has 0 spiro atoms. The molecule has 1 fully saturated rings. The average molecular weight is 469 g/mol. The molecule has 3 aromatic rings. The van der Waals surface area contributed by atoms with Crippen LogP contribution in [-0.4, -0.2) is 70.2 Å². The number of allylic oxidation sites excluding steroid dienone is 1. The molecule has 1 aliphatic heterocycles. The van der Waals surface area contributed by atoms with Gasteiger partial charge in [-0.05, 0) is 12.1 Å². The second-order valence-corrected chi connectivity index (χ2v) is 7.69. The number of halogens is 2. The Kier molecular flexibility index (Phi) is 7.55. The highest BCUT2D eigenvalue weighted by atomic mass is 19.1. The molecule has 1 aromatic carbocycles. The van der Waals surface area contributed by atoms with Crippen LogP contribution in [-0.2, 0) is 6.54 Å². The molecule has 3 N–H and O–H groups in total. The number of anilines is 1. The van der Waals surface area contributed by atoms with Gasteiger partial charge in [0.25, 0.3) is 0 Å². The molecule has 11 heteroatoms. The summed E-state index contributed by atoms with van der Waals surface area (Å²) in [5, 5.41) is 13.0. The quantitative estimate of drug-likeness (QED) is 0.480. The number of hydrogen-bond acceptors (Lipinski definition) is 9. The molecule has 0 radical (unpaired) electrons. The van der Waals surface area contributed by atoms with Gasteiger partial charge in [-0.3, -0.25) is 9.89 Å². The van der Waals surface area contributed by atoms with Crippen molar-refractivity contribution in [3.05, 3.63) is 77.6 Å². The fourth-order valence-corrected chi connectivity index (χ4v) is 3.60. The minimum absolute atomic E-state index is 0.0618. The monoisotopic (exact) mass is 469 g/mol. The summed E-state index contributed by atoms with van der Waals surface area (Å²) in [5.41, 5.74) is 7.57. The zero-order chi connectivity index (χ0) is 23.9. The van der Waals surface area contributed by atoms with Crippen LogP contribution in [0.3, 0.4) is 0 Å². The van der Waals surface area contributed by atoms with Crippen molar-refractivity contribution < 1.29 is 18.4 Å². The first kappa shape index (κ1) is 23.5. The summed E-state index contributed by atoms with van der Waals surface area (Å²) in [6.07, 6.45) is 3.99. The van der Waals surface area contributed by atoms with Gasteiger partial charge in [0.15, 0.2) is 17.5 Å². The molecule has 3 heterocycles. The van der Waals surface area contributed by atoms with Crippen molar-refractivity contribution in [2.24, 2.45) is 10.7 Å². The smallest absolute Gasteiger partial charge is 0.183 e. The second kappa shape index (κ2) is 10.9. The Morgan fingerprint density at radius 3 is 2.65 bits per heavy atom. The van der Waals surface area contributed by atoms with Crippen LogP contribution in [0.1, 0.15) is 17.1 Å². The number of rotatable bonds is 8. The predicted molar refractivity (Wildman–Crippen MR) is 123 cm³/mol. The summed E-state index contributed by atoms with van der Waals surface area (Å²) in [7, 11) is 0. The number of nitrogens with zero attached hydrogens (tertiary/aromatic N) is 6. The van der Waals surface area contributed by atoms with E-state index in [9.17, 15) is 8.78 Å². The van der Waals surface area contributed by atoms with E-state index in [-0.39, 0.29) is 36.3 Å². The van der Waals surface area contributed by atoms with E-state index in [1.807, 2.05) is 4.90 Å². The maximum Gasteiger partial charge on any atom is 0.183 e. The number of benzene rings is 1. The summed E-state index contributed by atoms with van der Waals surface area (Å²) in [5.74, 6) is -0.613. The van der Waals surface area contributed by atoms with E-state index in [1.54, 1.807) is 24.3 Å². The molecule has 0 aliphatic carbocycles. The van der Waals surface area contributed by atoms with Crippen molar-refractivity contribution >= 4 is 17.2 Å². The lowest BCUT2D eigenvalue weighted by molar-refractivity contribution is 0.188. The minimum Gasteiger partial charge on any atom is -0.396 e. The molecular weight excluding hydrogens is 444 g/mol. The van der Waals surface area contributed by atoms with Crippen molar-refractivity contribution in [2.45, 2.75) is 6.54 Å². The zero-order valence-electron chi connectivity index (χ0n) is 18.4. The number of aliphatic hydroxyl groups excluding tert-OH is 1. The van der Waals surface area contributed by atoms with Crippen LogP contribution in [0.4, 0.5) is 14.6 Å². The van der Waals surface area contributed by atoms with E-state index < -0.39 is 5.82 Å². The average Bonchev–Trinajstić information content (AvgIpc) is 3.38. The molecule has 0 amide bonds. The highest BCUT2D eigenvalue weighted by molar-refractivity contribution is 6.10. The maximum atomic E-state index is 14.5. The molecule has 34 heavy (non-hydrogen) atoms. The van der Waals surface area contributed by atoms with E-state index in [1.165, 1.54) is 18.4 Å². The normalized spacial score (nSPS) is 15.7. The number of aliphatic imine (C=N–C) groups is 1. The number of hydrogen-bond donors (Lipinski definition) is 2. The Bertz CT molecular complexity index is 1160. The van der Waals surface area contributed by atoms with Crippen LogP contribution in [0.25, 0.3) is 5.70 Å². The van der Waals surface area contributed by atoms with Crippen molar-refractivity contribution in [1.29, 1.82) is 0 Å². The maximum absolute atomic E-state index is 14.5. The van der Waals surface area contributed by atoms with E-state index in [0.717, 1.165) is 6.20 Å². The number of aliphatic hydroxyl groups is 1. The summed E-state index contributed by atoms with van der Waals surface area (Å²) in [6.45, 7) is 3.22. The highest BCUT2D eigenvalue weighted by Gasteiger charge is 2.21. The van der Waals surface area contributed by atoms with Crippen LogP contribution in [0.15, 0.2) is 58.4 Å². The lowest BCUT2D eigenvalue weighted by atomic mass is 10.2. The fraction of sp³-hybridized carbons (Fsp3) is 0.304. The Hall–Kier alpha value is -3.70. The molecule has 0 atom stereocenters. The van der Waals surface area contributed by atoms with E-state index in [2.05, 4.69) is 25.0 Å². The first-order chi connectivity index (χ1) is 16.5. The van der Waals surface area contributed by atoms with Crippen molar-refractivity contribution in [3.63, 3.8) is 0 Å². The van der Waals surface area contributed by atoms with Crippen LogP contribution in [0.5, 0.6) is 0 Å². The first-order valence-corrected chi connectivity index (χ1v) is 10.8. The standard InChI is InChI=1S/C23H25F2N7O2/c24-17-4-2-1-3-16(17)14-27-21(20-5-12-34-30-20)13-19(26)22-28-15-18(25)23(29-22)32-8-6-31(7-9-32)10-11-33/h1-5,12-13,15,33H,6-11,14,26H2. The van der Waals surface area contributed by atoms with Gasteiger partial charge in [-0.2, -0.15) is 0 Å². The molecule has 178 valence electrons. The van der Waals surface area contributed by atoms with Crippen LogP contribution < -0.4 is 10.6 Å². The lowest BCUT2D eigenvalue weighted by Crippen LogP contribution is -2.47. The summed E-state index contributed by atoms with van der Waals surface area (Å²) in [4.78, 5) is 16.8. The summed E-state index contributed by atoms with van der Waals surface area (Å²) < 4.78 is 33.5. The molecule has 0 unspecified atom stereocenters. The van der Waals surface area contributed by atoms with Gasteiger partial charge in [0, 0.05) is 44.4 Å². The van der Waals surface area contributed by atoms with Crippen LogP contribution in [0.2, 0.25) is 0 Å². The highest BCUT2D eigenvalue weighted by Crippen LogP contribution is 2.20. The molecule has 4 rings (SSSR count). The Morgan fingerprint density at radius 1 is 1.15 bits per heavy atom. The molecule has 0 bridgehead atoms. The number of nitrogens with two attached hydrogens (primary N) is 1. The van der Waals surface area contributed by atoms with E-state index in [4.69, 9.17) is 15.4 Å². The van der Waals surface area contributed by atoms with Gasteiger partial charge in [-0.25, -0.2) is 18.7 Å². The Morgan fingerprint density at radius 2 is 1.94 bits per heavy atom. The largest absolute Gasteiger partial charge is 0.396 e. The fourth-order valence-electron chi connectivity index (χ4n) is 3.60. The van der Waals surface area contributed by atoms with Gasteiger partial charge in [-0.15, -0.1) is 0 Å². The second-order valence-electron chi connectivity index (χ2n) is 7.69. The Balaban J connectivity index is 1.58. The molecule has 1 saturated heterocycles. The topological polar surface area (TPSA) is 117 Å². The first-order valence-electron chi connectivity index (χ1n) is 10.8. The lowest BCUT2D eigenvalue weighted by Gasteiger charge is -2.35. The number of β-amino-alcohol motifs (C(OH)–C–C–N with tert-alkyl or cyclic N) is 1. The van der Waals surface area contributed by atoms with Crippen molar-refractivity contribution in [1.82, 2.24) is 20.0 Å². The third kappa shape index (κ3) is 5.61. The minimum atomic E-state index is -0.544. The van der Waals surface area contributed by atoms with Gasteiger partial charge in [0.2, 0.25) is 0 Å². The molecule has 0 saturated carbocycles. The summed E-state index contributed by atoms with van der Waals surface area (Å²) in [6, 6.07) is 7.94. The number of aromatic nitrogens is 3. The molecular formula is C23H25F2N7O2.